The van der Waals surface area contributed by atoms with Crippen molar-refractivity contribution in [2.75, 3.05) is 7.11 Å². The van der Waals surface area contributed by atoms with Crippen LogP contribution in [0.4, 0.5) is 0 Å². The van der Waals surface area contributed by atoms with Gasteiger partial charge >= 0.3 is 5.78 Å². The molecule has 1 nitrogen and oxygen atoms in total. The van der Waals surface area contributed by atoms with Crippen molar-refractivity contribution in [3.8, 4) is 0 Å². The summed E-state index contributed by atoms with van der Waals surface area (Å²) < 4.78 is 5.27. The molecule has 0 radical (unpaired) electrons. The molecule has 0 aromatic heterocycles. The standard InChI is InChI=1S/C21H19O/c1-16-8-10-18(11-9-16)21(17-6-4-3-5-7-17)19-12-14-20(22-2)15-13-19/h3-15H,1-2H3/q+1. The van der Waals surface area contributed by atoms with E-state index in [9.17, 15) is 0 Å². The fraction of sp³-hybridized carbons (Fsp3) is 0.0952. The van der Waals surface area contributed by atoms with Gasteiger partial charge in [-0.15, -0.1) is 0 Å². The maximum absolute atomic E-state index is 5.27. The first-order chi connectivity index (χ1) is 10.8. The molecule has 108 valence electrons. The largest absolute Gasteiger partial charge is 0.343 e. The number of carbonyl (C=O) groups excluding carboxylic acids is 1. The van der Waals surface area contributed by atoms with Crippen molar-refractivity contribution in [3.05, 3.63) is 101 Å². The molecule has 1 aliphatic rings. The Hall–Kier alpha value is -2.67. The van der Waals surface area contributed by atoms with Gasteiger partial charge in [-0.3, -0.25) is 4.42 Å². The average Bonchev–Trinajstić information content (AvgIpc) is 2.58. The highest BCUT2D eigenvalue weighted by molar-refractivity contribution is 6.03. The van der Waals surface area contributed by atoms with Gasteiger partial charge in [0.25, 0.3) is 7.11 Å². The second kappa shape index (κ2) is 6.40. The lowest BCUT2D eigenvalue weighted by Gasteiger charge is -2.13. The first-order valence-electron chi connectivity index (χ1n) is 7.42. The molecular weight excluding hydrogens is 268 g/mol. The van der Waals surface area contributed by atoms with Gasteiger partial charge in [-0.1, -0.05) is 60.2 Å². The van der Waals surface area contributed by atoms with Gasteiger partial charge in [0.15, 0.2) is 0 Å². The third-order valence-electron chi connectivity index (χ3n) is 3.78. The number of hydrogen-bond donors (Lipinski definition) is 0. The van der Waals surface area contributed by atoms with Crippen LogP contribution in [0, 0.1) is 6.92 Å². The molecule has 2 aromatic rings. The van der Waals surface area contributed by atoms with Crippen LogP contribution in [-0.2, 0) is 4.42 Å². The van der Waals surface area contributed by atoms with E-state index in [2.05, 4.69) is 67.6 Å². The van der Waals surface area contributed by atoms with Gasteiger partial charge < -0.3 is 0 Å². The van der Waals surface area contributed by atoms with Crippen molar-refractivity contribution in [3.63, 3.8) is 0 Å². The van der Waals surface area contributed by atoms with Crippen LogP contribution in [0.3, 0.4) is 0 Å². The molecule has 0 bridgehead atoms. The number of ketones is 1. The van der Waals surface area contributed by atoms with Gasteiger partial charge in [-0.2, -0.15) is 0 Å². The zero-order valence-corrected chi connectivity index (χ0v) is 12.9. The molecule has 0 saturated heterocycles. The maximum atomic E-state index is 5.27. The summed E-state index contributed by atoms with van der Waals surface area (Å²) in [5.41, 5.74) is 6.14. The molecule has 0 unspecified atom stereocenters. The Morgan fingerprint density at radius 1 is 0.727 bits per heavy atom. The number of rotatable bonds is 2. The Balaban J connectivity index is 2.17. The molecular formula is C21H19O+. The zero-order valence-electron chi connectivity index (χ0n) is 12.9. The van der Waals surface area contributed by atoms with Crippen molar-refractivity contribution in [2.24, 2.45) is 0 Å². The lowest BCUT2D eigenvalue weighted by atomic mass is 9.90. The van der Waals surface area contributed by atoms with Crippen LogP contribution in [0.25, 0.3) is 5.57 Å². The lowest BCUT2D eigenvalue weighted by Crippen LogP contribution is -1.99. The molecule has 1 heteroatoms. The summed E-state index contributed by atoms with van der Waals surface area (Å²) in [6.07, 6.45) is 8.24. The molecule has 22 heavy (non-hydrogen) atoms. The summed E-state index contributed by atoms with van der Waals surface area (Å²) in [4.78, 5) is 0. The van der Waals surface area contributed by atoms with Crippen LogP contribution in [-0.4, -0.2) is 12.9 Å². The van der Waals surface area contributed by atoms with Crippen molar-refractivity contribution in [1.29, 1.82) is 0 Å². The van der Waals surface area contributed by atoms with E-state index in [1.165, 1.54) is 27.8 Å². The first kappa shape index (κ1) is 14.3. The number of allylic oxidation sites excluding steroid dienone is 5. The Morgan fingerprint density at radius 2 is 1.32 bits per heavy atom. The first-order valence-corrected chi connectivity index (χ1v) is 7.42. The molecule has 2 aromatic carbocycles. The predicted octanol–water partition coefficient (Wildman–Crippen LogP) is 4.66. The smallest absolute Gasteiger partial charge is 0.258 e. The molecule has 0 N–H and O–H groups in total. The topological polar surface area (TPSA) is 11.3 Å². The van der Waals surface area contributed by atoms with Gasteiger partial charge in [0.05, 0.1) is 0 Å². The summed E-state index contributed by atoms with van der Waals surface area (Å²) in [5, 5.41) is 0. The van der Waals surface area contributed by atoms with E-state index in [0.717, 1.165) is 5.78 Å². The zero-order chi connectivity index (χ0) is 15.4. The Kier molecular flexibility index (Phi) is 4.15. The minimum absolute atomic E-state index is 0.875. The molecule has 1 aliphatic carbocycles. The SMILES string of the molecule is C[O+]=C1C=CC(=C(c2ccccc2)c2ccc(C)cc2)C=C1. The highest BCUT2D eigenvalue weighted by Gasteiger charge is 2.13. The van der Waals surface area contributed by atoms with E-state index in [-0.39, 0.29) is 0 Å². The highest BCUT2D eigenvalue weighted by atomic mass is 16.4. The molecule has 0 fully saturated rings. The van der Waals surface area contributed by atoms with Crippen LogP contribution >= 0.6 is 0 Å². The van der Waals surface area contributed by atoms with Crippen molar-refractivity contribution < 1.29 is 4.42 Å². The minimum Gasteiger partial charge on any atom is -0.258 e. The van der Waals surface area contributed by atoms with E-state index >= 15 is 0 Å². The number of hydrogen-bond acceptors (Lipinski definition) is 0. The van der Waals surface area contributed by atoms with Crippen molar-refractivity contribution in [2.45, 2.75) is 6.92 Å². The van der Waals surface area contributed by atoms with Crippen molar-refractivity contribution >= 4 is 11.4 Å². The summed E-state index contributed by atoms with van der Waals surface area (Å²) >= 11 is 0. The van der Waals surface area contributed by atoms with Gasteiger partial charge in [0.2, 0.25) is 0 Å². The fourth-order valence-corrected chi connectivity index (χ4v) is 2.58. The van der Waals surface area contributed by atoms with Crippen LogP contribution in [0.5, 0.6) is 0 Å². The molecule has 0 amide bonds. The van der Waals surface area contributed by atoms with Crippen molar-refractivity contribution in [1.82, 2.24) is 0 Å². The lowest BCUT2D eigenvalue weighted by molar-refractivity contribution is -0.417. The van der Waals surface area contributed by atoms with E-state index < -0.39 is 0 Å². The van der Waals surface area contributed by atoms with Gasteiger partial charge in [-0.05, 0) is 41.3 Å². The van der Waals surface area contributed by atoms with Gasteiger partial charge in [-0.25, -0.2) is 0 Å². The summed E-state index contributed by atoms with van der Waals surface area (Å²) in [5.74, 6) is 0.875. The summed E-state index contributed by atoms with van der Waals surface area (Å²) in [6, 6.07) is 19.2. The molecule has 0 saturated carbocycles. The second-order valence-corrected chi connectivity index (χ2v) is 5.34. The highest BCUT2D eigenvalue weighted by Crippen LogP contribution is 2.29. The van der Waals surface area contributed by atoms with Gasteiger partial charge in [0.1, 0.15) is 0 Å². The molecule has 0 heterocycles. The second-order valence-electron chi connectivity index (χ2n) is 5.34. The maximum Gasteiger partial charge on any atom is 0.343 e. The molecule has 0 spiro atoms. The average molecular weight is 287 g/mol. The quantitative estimate of drug-likeness (QED) is 0.712. The molecule has 0 aliphatic heterocycles. The van der Waals surface area contributed by atoms with Crippen LogP contribution < -0.4 is 0 Å². The Morgan fingerprint density at radius 3 is 1.91 bits per heavy atom. The Bertz CT molecular complexity index is 754. The number of benzene rings is 2. The normalized spacial score (nSPS) is 13.4. The monoisotopic (exact) mass is 287 g/mol. The van der Waals surface area contributed by atoms with E-state index in [4.69, 9.17) is 4.42 Å². The summed E-state index contributed by atoms with van der Waals surface area (Å²) in [7, 11) is 1.69. The predicted molar refractivity (Wildman–Crippen MR) is 92.9 cm³/mol. The van der Waals surface area contributed by atoms with Crippen LogP contribution in [0.2, 0.25) is 0 Å². The van der Waals surface area contributed by atoms with E-state index in [0.29, 0.717) is 0 Å². The fourth-order valence-electron chi connectivity index (χ4n) is 2.58. The van der Waals surface area contributed by atoms with Crippen LogP contribution in [0.15, 0.2) is 84.5 Å². The third kappa shape index (κ3) is 2.99. The van der Waals surface area contributed by atoms with Gasteiger partial charge in [0, 0.05) is 12.2 Å². The summed E-state index contributed by atoms with van der Waals surface area (Å²) in [6.45, 7) is 2.11. The van der Waals surface area contributed by atoms with Crippen LogP contribution in [0.1, 0.15) is 16.7 Å². The number of aryl methyl sites for hydroxylation is 1. The van der Waals surface area contributed by atoms with E-state index in [1.54, 1.807) is 7.11 Å². The molecule has 0 atom stereocenters. The molecule has 3 rings (SSSR count). The minimum atomic E-state index is 0.875. The van der Waals surface area contributed by atoms with E-state index in [1.807, 2.05) is 18.2 Å². The third-order valence-corrected chi connectivity index (χ3v) is 3.78. The Labute approximate surface area is 131 Å².